The number of nitrogens with zero attached hydrogens (tertiary/aromatic N) is 1. The second-order valence-electron chi connectivity index (χ2n) is 5.01. The van der Waals surface area contributed by atoms with Gasteiger partial charge in [0.15, 0.2) is 4.34 Å². The number of hydrogen-bond acceptors (Lipinski definition) is 7. The van der Waals surface area contributed by atoms with Crippen LogP contribution in [0.15, 0.2) is 40.1 Å². The van der Waals surface area contributed by atoms with Crippen LogP contribution in [0.4, 0.5) is 0 Å². The topological polar surface area (TPSA) is 85.4 Å². The lowest BCUT2D eigenvalue weighted by Crippen LogP contribution is -2.33. The summed E-state index contributed by atoms with van der Waals surface area (Å²) in [5.74, 6) is -0.937. The molecule has 0 fully saturated rings. The van der Waals surface area contributed by atoms with Gasteiger partial charge in [0.25, 0.3) is 0 Å². The van der Waals surface area contributed by atoms with Crippen LogP contribution in [0.25, 0.3) is 0 Å². The van der Waals surface area contributed by atoms with Crippen molar-refractivity contribution in [1.82, 2.24) is 10.3 Å². The number of aromatic nitrogens is 1. The molecule has 0 spiro atoms. The van der Waals surface area contributed by atoms with Crippen molar-refractivity contribution in [2.75, 3.05) is 12.4 Å². The van der Waals surface area contributed by atoms with Crippen LogP contribution in [0.3, 0.4) is 0 Å². The number of amides is 2. The van der Waals surface area contributed by atoms with Gasteiger partial charge in [-0.05, 0) is 12.5 Å². The first-order valence-corrected chi connectivity index (χ1v) is 9.52. The maximum atomic E-state index is 11.8. The molecule has 0 aliphatic heterocycles. The Morgan fingerprint density at radius 2 is 1.92 bits per heavy atom. The van der Waals surface area contributed by atoms with Gasteiger partial charge in [0.05, 0.1) is 30.9 Å². The van der Waals surface area contributed by atoms with Gasteiger partial charge < -0.3 is 4.74 Å². The van der Waals surface area contributed by atoms with Crippen LogP contribution in [0, 0.1) is 0 Å². The number of imide groups is 1. The number of thiazole rings is 1. The van der Waals surface area contributed by atoms with Crippen molar-refractivity contribution >= 4 is 40.9 Å². The van der Waals surface area contributed by atoms with E-state index in [2.05, 4.69) is 10.3 Å². The number of ether oxygens (including phenoxy) is 1. The lowest BCUT2D eigenvalue weighted by molar-refractivity contribution is -0.142. The lowest BCUT2D eigenvalue weighted by atomic mass is 10.1. The summed E-state index contributed by atoms with van der Waals surface area (Å²) in [6.45, 7) is 2.08. The smallest absolute Gasteiger partial charge is 0.311 e. The molecule has 1 heterocycles. The molecule has 0 radical (unpaired) electrons. The van der Waals surface area contributed by atoms with Gasteiger partial charge in [-0.1, -0.05) is 42.1 Å². The van der Waals surface area contributed by atoms with Crippen LogP contribution in [-0.4, -0.2) is 35.1 Å². The Hall–Kier alpha value is -2.19. The van der Waals surface area contributed by atoms with Crippen LogP contribution in [0.5, 0.6) is 0 Å². The molecule has 0 saturated heterocycles. The van der Waals surface area contributed by atoms with E-state index in [0.717, 1.165) is 5.56 Å². The SMILES string of the molecule is CCOC(=O)Cc1csc(SCC(=O)NC(=O)Cc2ccccc2)n1. The molecule has 2 amide bonds. The normalized spacial score (nSPS) is 10.3. The summed E-state index contributed by atoms with van der Waals surface area (Å²) in [4.78, 5) is 39.3. The Labute approximate surface area is 154 Å². The van der Waals surface area contributed by atoms with Gasteiger partial charge in [-0.15, -0.1) is 11.3 Å². The molecule has 25 heavy (non-hydrogen) atoms. The minimum Gasteiger partial charge on any atom is -0.466 e. The fourth-order valence-corrected chi connectivity index (χ4v) is 3.58. The van der Waals surface area contributed by atoms with Gasteiger partial charge in [0, 0.05) is 5.38 Å². The number of esters is 1. The fourth-order valence-electron chi connectivity index (χ4n) is 1.94. The van der Waals surface area contributed by atoms with Gasteiger partial charge in [0.1, 0.15) is 0 Å². The van der Waals surface area contributed by atoms with E-state index in [0.29, 0.717) is 16.6 Å². The van der Waals surface area contributed by atoms with E-state index in [-0.39, 0.29) is 36.4 Å². The van der Waals surface area contributed by atoms with E-state index in [1.54, 1.807) is 12.3 Å². The number of thioether (sulfide) groups is 1. The van der Waals surface area contributed by atoms with Crippen LogP contribution in [0.2, 0.25) is 0 Å². The fraction of sp³-hybridized carbons (Fsp3) is 0.294. The largest absolute Gasteiger partial charge is 0.466 e. The zero-order valence-electron chi connectivity index (χ0n) is 13.7. The van der Waals surface area contributed by atoms with Crippen molar-refractivity contribution in [3.8, 4) is 0 Å². The van der Waals surface area contributed by atoms with Crippen molar-refractivity contribution in [2.45, 2.75) is 24.1 Å². The summed E-state index contributed by atoms with van der Waals surface area (Å²) in [6, 6.07) is 9.22. The van der Waals surface area contributed by atoms with Gasteiger partial charge in [-0.3, -0.25) is 19.7 Å². The molecular formula is C17H18N2O4S2. The quantitative estimate of drug-likeness (QED) is 0.560. The first kappa shape index (κ1) is 19.1. The number of carbonyl (C=O) groups is 3. The zero-order chi connectivity index (χ0) is 18.1. The molecule has 1 N–H and O–H groups in total. The van der Waals surface area contributed by atoms with Gasteiger partial charge in [-0.25, -0.2) is 4.98 Å². The maximum Gasteiger partial charge on any atom is 0.311 e. The molecule has 0 atom stereocenters. The Morgan fingerprint density at radius 3 is 2.64 bits per heavy atom. The third-order valence-electron chi connectivity index (χ3n) is 2.97. The monoisotopic (exact) mass is 378 g/mol. The van der Waals surface area contributed by atoms with E-state index in [4.69, 9.17) is 4.74 Å². The van der Waals surface area contributed by atoms with Crippen molar-refractivity contribution in [3.05, 3.63) is 47.0 Å². The third kappa shape index (κ3) is 7.06. The minimum absolute atomic E-state index is 0.0902. The average Bonchev–Trinajstić information content (AvgIpc) is 3.01. The average molecular weight is 378 g/mol. The van der Waals surface area contributed by atoms with Crippen molar-refractivity contribution in [1.29, 1.82) is 0 Å². The highest BCUT2D eigenvalue weighted by Gasteiger charge is 2.12. The summed E-state index contributed by atoms with van der Waals surface area (Å²) in [6.07, 6.45) is 0.283. The maximum absolute atomic E-state index is 11.8. The molecule has 2 aromatic rings. The van der Waals surface area contributed by atoms with Crippen LogP contribution >= 0.6 is 23.1 Å². The standard InChI is InChI=1S/C17H18N2O4S2/c1-2-23-16(22)9-13-10-24-17(18-13)25-11-15(21)19-14(20)8-12-6-4-3-5-7-12/h3-7,10H,2,8-9,11H2,1H3,(H,19,20,21). The molecule has 0 bridgehead atoms. The predicted molar refractivity (Wildman–Crippen MR) is 96.5 cm³/mol. The van der Waals surface area contributed by atoms with E-state index < -0.39 is 0 Å². The number of hydrogen-bond donors (Lipinski definition) is 1. The molecule has 0 unspecified atom stereocenters. The Bertz CT molecular complexity index is 731. The Morgan fingerprint density at radius 1 is 1.16 bits per heavy atom. The van der Waals surface area contributed by atoms with E-state index >= 15 is 0 Å². The summed E-state index contributed by atoms with van der Waals surface area (Å²) in [5, 5.41) is 4.12. The van der Waals surface area contributed by atoms with Gasteiger partial charge in [0.2, 0.25) is 11.8 Å². The molecule has 0 saturated carbocycles. The van der Waals surface area contributed by atoms with Crippen LogP contribution in [-0.2, 0) is 32.0 Å². The second kappa shape index (κ2) is 9.95. The molecule has 2 rings (SSSR count). The summed E-state index contributed by atoms with van der Waals surface area (Å²) in [5.41, 5.74) is 1.47. The van der Waals surface area contributed by atoms with E-state index in [1.165, 1.54) is 23.1 Å². The van der Waals surface area contributed by atoms with Crippen LogP contribution in [0.1, 0.15) is 18.2 Å². The van der Waals surface area contributed by atoms with Crippen molar-refractivity contribution < 1.29 is 19.1 Å². The zero-order valence-corrected chi connectivity index (χ0v) is 15.3. The Balaban J connectivity index is 1.73. The van der Waals surface area contributed by atoms with Crippen molar-refractivity contribution in [2.24, 2.45) is 0 Å². The summed E-state index contributed by atoms with van der Waals surface area (Å²) in [7, 11) is 0. The number of nitrogens with one attached hydrogen (secondary N) is 1. The first-order chi connectivity index (χ1) is 12.1. The highest BCUT2D eigenvalue weighted by Crippen LogP contribution is 2.22. The third-order valence-corrected chi connectivity index (χ3v) is 5.04. The highest BCUT2D eigenvalue weighted by atomic mass is 32.2. The molecule has 0 aliphatic carbocycles. The minimum atomic E-state index is -0.368. The first-order valence-electron chi connectivity index (χ1n) is 7.66. The van der Waals surface area contributed by atoms with E-state index in [9.17, 15) is 14.4 Å². The molecule has 0 aliphatic rings. The van der Waals surface area contributed by atoms with E-state index in [1.807, 2.05) is 30.3 Å². The summed E-state index contributed by atoms with van der Waals surface area (Å²) < 4.78 is 5.53. The molecule has 132 valence electrons. The van der Waals surface area contributed by atoms with Gasteiger partial charge >= 0.3 is 5.97 Å². The molecular weight excluding hydrogens is 360 g/mol. The number of carbonyl (C=O) groups excluding carboxylic acids is 3. The Kier molecular flexibility index (Phi) is 7.62. The highest BCUT2D eigenvalue weighted by molar-refractivity contribution is 8.01. The lowest BCUT2D eigenvalue weighted by Gasteiger charge is -2.03. The second-order valence-corrected chi connectivity index (χ2v) is 7.09. The summed E-state index contributed by atoms with van der Waals surface area (Å²) >= 11 is 2.58. The van der Waals surface area contributed by atoms with Gasteiger partial charge in [-0.2, -0.15) is 0 Å². The number of benzene rings is 1. The predicted octanol–water partition coefficient (Wildman–Crippen LogP) is 2.23. The molecule has 6 nitrogen and oxygen atoms in total. The molecule has 1 aromatic carbocycles. The molecule has 1 aromatic heterocycles. The number of rotatable bonds is 8. The molecule has 8 heteroatoms. The van der Waals surface area contributed by atoms with Crippen LogP contribution < -0.4 is 5.32 Å². The van der Waals surface area contributed by atoms with Crippen molar-refractivity contribution in [3.63, 3.8) is 0 Å².